The molecular weight excluding hydrogens is 284 g/mol. The molecule has 0 aliphatic carbocycles. The summed E-state index contributed by atoms with van der Waals surface area (Å²) >= 11 is 3.41. The zero-order chi connectivity index (χ0) is 12.8. The lowest BCUT2D eigenvalue weighted by molar-refractivity contribution is -0.122. The van der Waals surface area contributed by atoms with Crippen LogP contribution < -0.4 is 15.8 Å². The number of hydrogen-bond donors (Lipinski definition) is 2. The van der Waals surface area contributed by atoms with Gasteiger partial charge in [-0.3, -0.25) is 4.79 Å². The smallest absolute Gasteiger partial charge is 0.257 e. The predicted molar refractivity (Wildman–Crippen MR) is 71.1 cm³/mol. The van der Waals surface area contributed by atoms with Crippen molar-refractivity contribution in [2.24, 2.45) is 5.73 Å². The van der Waals surface area contributed by atoms with Crippen LogP contribution in [0.2, 0.25) is 0 Å². The highest BCUT2D eigenvalue weighted by Crippen LogP contribution is 2.29. The fourth-order valence-corrected chi connectivity index (χ4v) is 1.95. The van der Waals surface area contributed by atoms with Gasteiger partial charge >= 0.3 is 0 Å². The lowest BCUT2D eigenvalue weighted by Crippen LogP contribution is -2.25. The topological polar surface area (TPSA) is 64.3 Å². The molecule has 0 fully saturated rings. The average Bonchev–Trinajstić information content (AvgIpc) is 2.27. The normalized spacial score (nSPS) is 12.0. The van der Waals surface area contributed by atoms with E-state index in [-0.39, 0.29) is 18.6 Å². The van der Waals surface area contributed by atoms with Crippen LogP contribution in [0.3, 0.4) is 0 Å². The molecule has 1 rings (SSSR count). The summed E-state index contributed by atoms with van der Waals surface area (Å²) in [7, 11) is 1.58. The number of ether oxygens (including phenoxy) is 1. The summed E-state index contributed by atoms with van der Waals surface area (Å²) < 4.78 is 6.34. The molecule has 0 heterocycles. The van der Waals surface area contributed by atoms with E-state index in [1.807, 2.05) is 25.1 Å². The van der Waals surface area contributed by atoms with Crippen LogP contribution in [0, 0.1) is 0 Å². The molecule has 4 nitrogen and oxygen atoms in total. The first-order valence-corrected chi connectivity index (χ1v) is 6.20. The Labute approximate surface area is 110 Å². The first-order chi connectivity index (χ1) is 8.04. The first-order valence-electron chi connectivity index (χ1n) is 5.41. The van der Waals surface area contributed by atoms with Gasteiger partial charge in [0.2, 0.25) is 0 Å². The minimum Gasteiger partial charge on any atom is -0.482 e. The summed E-state index contributed by atoms with van der Waals surface area (Å²) in [6.45, 7) is 1.94. The van der Waals surface area contributed by atoms with E-state index < -0.39 is 0 Å². The summed E-state index contributed by atoms with van der Waals surface area (Å²) in [4.78, 5) is 11.2. The van der Waals surface area contributed by atoms with Crippen molar-refractivity contribution in [2.75, 3.05) is 13.7 Å². The van der Waals surface area contributed by atoms with Crippen LogP contribution in [0.5, 0.6) is 5.75 Å². The third kappa shape index (κ3) is 4.36. The maximum Gasteiger partial charge on any atom is 0.257 e. The van der Waals surface area contributed by atoms with E-state index in [2.05, 4.69) is 21.2 Å². The minimum atomic E-state index is -0.160. The van der Waals surface area contributed by atoms with Gasteiger partial charge in [-0.1, -0.05) is 12.1 Å². The van der Waals surface area contributed by atoms with Crippen molar-refractivity contribution in [1.82, 2.24) is 5.32 Å². The highest BCUT2D eigenvalue weighted by atomic mass is 79.9. The van der Waals surface area contributed by atoms with Gasteiger partial charge in [-0.05, 0) is 40.9 Å². The van der Waals surface area contributed by atoms with Crippen LogP contribution in [0.25, 0.3) is 0 Å². The second kappa shape index (κ2) is 6.61. The Morgan fingerprint density at radius 3 is 2.88 bits per heavy atom. The molecule has 0 aromatic heterocycles. The quantitative estimate of drug-likeness (QED) is 0.865. The van der Waals surface area contributed by atoms with Crippen LogP contribution in [-0.4, -0.2) is 25.6 Å². The van der Waals surface area contributed by atoms with Gasteiger partial charge in [-0.15, -0.1) is 0 Å². The third-order valence-corrected chi connectivity index (χ3v) is 2.84. The van der Waals surface area contributed by atoms with E-state index in [4.69, 9.17) is 10.5 Å². The lowest BCUT2D eigenvalue weighted by atomic mass is 10.1. The molecule has 0 bridgehead atoms. The van der Waals surface area contributed by atoms with Crippen molar-refractivity contribution < 1.29 is 9.53 Å². The number of nitrogens with two attached hydrogens (primary N) is 1. The Balaban J connectivity index is 2.83. The molecule has 1 atom stereocenters. The zero-order valence-electron chi connectivity index (χ0n) is 10.00. The molecule has 1 unspecified atom stereocenters. The Hall–Kier alpha value is -1.07. The van der Waals surface area contributed by atoms with E-state index in [1.54, 1.807) is 7.05 Å². The molecule has 0 radical (unpaired) electrons. The number of amides is 1. The van der Waals surface area contributed by atoms with Gasteiger partial charge in [-0.25, -0.2) is 0 Å². The number of carbonyl (C=O) groups excluding carboxylic acids is 1. The number of benzene rings is 1. The predicted octanol–water partition coefficient (Wildman–Crippen LogP) is 1.46. The molecule has 1 aromatic carbocycles. The number of rotatable bonds is 5. The molecule has 5 heteroatoms. The number of carbonyl (C=O) groups is 1. The fraction of sp³-hybridized carbons (Fsp3) is 0.417. The van der Waals surface area contributed by atoms with Gasteiger partial charge in [-0.2, -0.15) is 0 Å². The van der Waals surface area contributed by atoms with Crippen LogP contribution in [0.1, 0.15) is 12.5 Å². The molecule has 17 heavy (non-hydrogen) atoms. The highest BCUT2D eigenvalue weighted by Gasteiger charge is 2.11. The van der Waals surface area contributed by atoms with Crippen molar-refractivity contribution in [3.63, 3.8) is 0 Å². The Morgan fingerprint density at radius 1 is 1.59 bits per heavy atom. The van der Waals surface area contributed by atoms with Crippen molar-refractivity contribution >= 4 is 21.8 Å². The van der Waals surface area contributed by atoms with Crippen molar-refractivity contribution in [3.05, 3.63) is 28.2 Å². The number of nitrogens with one attached hydrogen (secondary N) is 1. The first kappa shape index (κ1) is 14.0. The van der Waals surface area contributed by atoms with Gasteiger partial charge in [0.05, 0.1) is 4.47 Å². The van der Waals surface area contributed by atoms with E-state index >= 15 is 0 Å². The maximum atomic E-state index is 11.2. The van der Waals surface area contributed by atoms with Crippen LogP contribution >= 0.6 is 15.9 Å². The number of hydrogen-bond acceptors (Lipinski definition) is 3. The SMILES string of the molecule is CNC(=O)COc1c(Br)cccc1CC(C)N. The van der Waals surface area contributed by atoms with Gasteiger partial charge in [0.25, 0.3) is 5.91 Å². The van der Waals surface area contributed by atoms with Gasteiger partial charge < -0.3 is 15.8 Å². The van der Waals surface area contributed by atoms with Crippen molar-refractivity contribution in [1.29, 1.82) is 0 Å². The zero-order valence-corrected chi connectivity index (χ0v) is 11.6. The molecule has 0 saturated carbocycles. The molecule has 1 amide bonds. The summed E-state index contributed by atoms with van der Waals surface area (Å²) in [6, 6.07) is 5.80. The monoisotopic (exact) mass is 300 g/mol. The fourth-order valence-electron chi connectivity index (χ4n) is 1.43. The van der Waals surface area contributed by atoms with Crippen LogP contribution in [0.15, 0.2) is 22.7 Å². The summed E-state index contributed by atoms with van der Waals surface area (Å²) in [5, 5.41) is 2.51. The lowest BCUT2D eigenvalue weighted by Gasteiger charge is -2.14. The molecule has 0 aliphatic heterocycles. The summed E-state index contributed by atoms with van der Waals surface area (Å²) in [5.41, 5.74) is 6.77. The number of halogens is 1. The number of likely N-dealkylation sites (N-methyl/N-ethyl adjacent to an activating group) is 1. The second-order valence-corrected chi connectivity index (χ2v) is 4.73. The molecule has 0 spiro atoms. The van der Waals surface area contributed by atoms with Crippen molar-refractivity contribution in [3.8, 4) is 5.75 Å². The molecule has 94 valence electrons. The standard InChI is InChI=1S/C12H17BrN2O2/c1-8(14)6-9-4-3-5-10(13)12(9)17-7-11(16)15-2/h3-5,8H,6-7,14H2,1-2H3,(H,15,16). The highest BCUT2D eigenvalue weighted by molar-refractivity contribution is 9.10. The van der Waals surface area contributed by atoms with E-state index in [1.165, 1.54) is 0 Å². The second-order valence-electron chi connectivity index (χ2n) is 3.87. The minimum absolute atomic E-state index is 0.00503. The van der Waals surface area contributed by atoms with Crippen molar-refractivity contribution in [2.45, 2.75) is 19.4 Å². The van der Waals surface area contributed by atoms with Gasteiger partial charge in [0, 0.05) is 13.1 Å². The third-order valence-electron chi connectivity index (χ3n) is 2.22. The Bertz CT molecular complexity index is 394. The molecule has 1 aromatic rings. The summed E-state index contributed by atoms with van der Waals surface area (Å²) in [5.74, 6) is 0.529. The average molecular weight is 301 g/mol. The van der Waals surface area contributed by atoms with E-state index in [9.17, 15) is 4.79 Å². The van der Waals surface area contributed by atoms with Crippen LogP contribution in [0.4, 0.5) is 0 Å². The van der Waals surface area contributed by atoms with Gasteiger partial charge in [0.15, 0.2) is 6.61 Å². The Kier molecular flexibility index (Phi) is 5.44. The summed E-state index contributed by atoms with van der Waals surface area (Å²) in [6.07, 6.45) is 0.711. The molecule has 0 saturated heterocycles. The van der Waals surface area contributed by atoms with Crippen LogP contribution in [-0.2, 0) is 11.2 Å². The Morgan fingerprint density at radius 2 is 2.29 bits per heavy atom. The van der Waals surface area contributed by atoms with Gasteiger partial charge in [0.1, 0.15) is 5.75 Å². The molecular formula is C12H17BrN2O2. The maximum absolute atomic E-state index is 11.2. The van der Waals surface area contributed by atoms with E-state index in [0.29, 0.717) is 12.2 Å². The molecule has 3 N–H and O–H groups in total. The van der Waals surface area contributed by atoms with E-state index in [0.717, 1.165) is 10.0 Å². The largest absolute Gasteiger partial charge is 0.482 e. The number of para-hydroxylation sites is 1. The molecule has 0 aliphatic rings.